The molecule has 21 heavy (non-hydrogen) atoms. The molecule has 0 spiro atoms. The third kappa shape index (κ3) is 1.62. The van der Waals surface area contributed by atoms with Crippen LogP contribution in [0, 0.1) is 18.8 Å². The summed E-state index contributed by atoms with van der Waals surface area (Å²) in [5.74, 6) is 0.710. The van der Waals surface area contributed by atoms with Gasteiger partial charge in [0, 0.05) is 0 Å². The highest BCUT2D eigenvalue weighted by Crippen LogP contribution is 2.53. The zero-order valence-electron chi connectivity index (χ0n) is 12.1. The third-order valence-corrected chi connectivity index (χ3v) is 5.10. The van der Waals surface area contributed by atoms with Gasteiger partial charge in [-0.15, -0.1) is 0 Å². The number of ether oxygens (including phenoxy) is 2. The van der Waals surface area contributed by atoms with Gasteiger partial charge >= 0.3 is 0 Å². The summed E-state index contributed by atoms with van der Waals surface area (Å²) in [5, 5.41) is 10.6. The lowest BCUT2D eigenvalue weighted by Crippen LogP contribution is -2.29. The van der Waals surface area contributed by atoms with Gasteiger partial charge in [-0.3, -0.25) is 4.79 Å². The molecule has 3 aliphatic rings. The van der Waals surface area contributed by atoms with Gasteiger partial charge in [0.2, 0.25) is 0 Å². The molecule has 4 atom stereocenters. The molecule has 0 amide bonds. The maximum Gasteiger partial charge on any atom is 0.173 e. The highest BCUT2D eigenvalue weighted by molar-refractivity contribution is 6.25. The van der Waals surface area contributed by atoms with E-state index < -0.39 is 0 Å². The highest BCUT2D eigenvalue weighted by Gasteiger charge is 2.59. The Balaban J connectivity index is 1.80. The van der Waals surface area contributed by atoms with E-state index in [-0.39, 0.29) is 35.6 Å². The van der Waals surface area contributed by atoms with Crippen molar-refractivity contribution in [1.82, 2.24) is 0 Å². The molecule has 0 unspecified atom stereocenters. The number of methoxy groups -OCH3 is 1. The van der Waals surface area contributed by atoms with Crippen molar-refractivity contribution in [2.24, 2.45) is 11.8 Å². The molecule has 2 aliphatic heterocycles. The van der Waals surface area contributed by atoms with Gasteiger partial charge in [-0.2, -0.15) is 0 Å². The molecule has 0 radical (unpaired) electrons. The van der Waals surface area contributed by atoms with Crippen LogP contribution in [0.4, 0.5) is 0 Å². The van der Waals surface area contributed by atoms with Gasteiger partial charge < -0.3 is 14.6 Å². The molecule has 4 rings (SSSR count). The first-order valence-corrected chi connectivity index (χ1v) is 7.39. The number of Topliss-reactive ketones (excluding diaryl/α,β-unsaturated/α-hetero) is 1. The third-order valence-electron chi connectivity index (χ3n) is 5.10. The fraction of sp³-hybridized carbons (Fsp3) is 0.471. The molecule has 0 saturated carbocycles. The van der Waals surface area contributed by atoms with Crippen LogP contribution >= 0.6 is 0 Å². The van der Waals surface area contributed by atoms with Gasteiger partial charge in [0.05, 0.1) is 36.7 Å². The number of carbonyl (C=O) groups excluding carboxylic acids is 1. The van der Waals surface area contributed by atoms with Crippen LogP contribution in [0.15, 0.2) is 24.0 Å². The Morgan fingerprint density at radius 2 is 1.95 bits per heavy atom. The van der Waals surface area contributed by atoms with Gasteiger partial charge in [-0.05, 0) is 43.0 Å². The van der Waals surface area contributed by atoms with Crippen molar-refractivity contribution in [1.29, 1.82) is 0 Å². The predicted octanol–water partition coefficient (Wildman–Crippen LogP) is 2.65. The molecule has 1 aliphatic carbocycles. The lowest BCUT2D eigenvalue weighted by Gasteiger charge is -2.19. The molecule has 110 valence electrons. The molecule has 1 N–H and O–H groups in total. The number of aryl methyl sites for hydroxylation is 1. The van der Waals surface area contributed by atoms with E-state index in [0.717, 1.165) is 29.7 Å². The molecule has 2 fully saturated rings. The first-order chi connectivity index (χ1) is 10.1. The van der Waals surface area contributed by atoms with Crippen molar-refractivity contribution in [2.45, 2.75) is 32.0 Å². The Morgan fingerprint density at radius 3 is 2.57 bits per heavy atom. The minimum Gasteiger partial charge on any atom is -0.511 e. The van der Waals surface area contributed by atoms with E-state index >= 15 is 0 Å². The standard InChI is InChI=1S/C17H18O4/c1-8-7-9(20-2)3-4-10(8)13-16(18)14-11-5-6-12(21-11)15(14)17(13)19/h3-4,7,11-12,14-15,18H,5-6H2,1-2H3/t11-,12+,14-,15+/m1/s1. The van der Waals surface area contributed by atoms with E-state index in [0.29, 0.717) is 5.57 Å². The summed E-state index contributed by atoms with van der Waals surface area (Å²) in [5.41, 5.74) is 2.25. The van der Waals surface area contributed by atoms with Crippen molar-refractivity contribution >= 4 is 11.4 Å². The average Bonchev–Trinajstić information content (AvgIpc) is 3.14. The fourth-order valence-corrected chi connectivity index (χ4v) is 4.13. The molecular weight excluding hydrogens is 268 g/mol. The quantitative estimate of drug-likeness (QED) is 0.908. The molecule has 0 aromatic heterocycles. The zero-order chi connectivity index (χ0) is 14.7. The first-order valence-electron chi connectivity index (χ1n) is 7.39. The number of benzene rings is 1. The second-order valence-corrected chi connectivity index (χ2v) is 6.15. The number of aliphatic hydroxyl groups excluding tert-OH is 1. The van der Waals surface area contributed by atoms with Crippen molar-refractivity contribution in [2.75, 3.05) is 7.11 Å². The predicted molar refractivity (Wildman–Crippen MR) is 77.2 cm³/mol. The maximum absolute atomic E-state index is 12.8. The monoisotopic (exact) mass is 286 g/mol. The van der Waals surface area contributed by atoms with E-state index in [1.807, 2.05) is 25.1 Å². The Labute approximate surface area is 123 Å². The normalized spacial score (nSPS) is 33.7. The molecule has 4 heteroatoms. The fourth-order valence-electron chi connectivity index (χ4n) is 4.13. The Bertz CT molecular complexity index is 661. The van der Waals surface area contributed by atoms with Crippen molar-refractivity contribution in [3.63, 3.8) is 0 Å². The molecule has 2 saturated heterocycles. The van der Waals surface area contributed by atoms with E-state index in [9.17, 15) is 9.90 Å². The highest BCUT2D eigenvalue weighted by atomic mass is 16.5. The zero-order valence-corrected chi connectivity index (χ0v) is 12.1. The second kappa shape index (κ2) is 4.34. The number of carbonyl (C=O) groups is 1. The molecule has 2 heterocycles. The number of hydrogen-bond acceptors (Lipinski definition) is 4. The summed E-state index contributed by atoms with van der Waals surface area (Å²) in [7, 11) is 1.62. The topological polar surface area (TPSA) is 55.8 Å². The minimum atomic E-state index is -0.180. The average molecular weight is 286 g/mol. The van der Waals surface area contributed by atoms with Gasteiger partial charge in [0.25, 0.3) is 0 Å². The van der Waals surface area contributed by atoms with Crippen LogP contribution in [0.1, 0.15) is 24.0 Å². The van der Waals surface area contributed by atoms with Gasteiger partial charge in [0.15, 0.2) is 5.78 Å². The van der Waals surface area contributed by atoms with E-state index in [2.05, 4.69) is 0 Å². The number of aliphatic hydroxyl groups is 1. The number of allylic oxidation sites excluding steroid dienone is 1. The van der Waals surface area contributed by atoms with Crippen molar-refractivity contribution in [3.8, 4) is 5.75 Å². The van der Waals surface area contributed by atoms with Crippen LogP contribution in [0.5, 0.6) is 5.75 Å². The van der Waals surface area contributed by atoms with Crippen LogP contribution in [-0.4, -0.2) is 30.2 Å². The summed E-state index contributed by atoms with van der Waals surface area (Å²) < 4.78 is 11.0. The van der Waals surface area contributed by atoms with Crippen LogP contribution in [0.25, 0.3) is 5.57 Å². The van der Waals surface area contributed by atoms with Crippen LogP contribution in [0.3, 0.4) is 0 Å². The van der Waals surface area contributed by atoms with Crippen LogP contribution < -0.4 is 4.74 Å². The smallest absolute Gasteiger partial charge is 0.173 e. The summed E-state index contributed by atoms with van der Waals surface area (Å²) in [6, 6.07) is 5.58. The Kier molecular flexibility index (Phi) is 2.67. The number of hydrogen-bond donors (Lipinski definition) is 1. The minimum absolute atomic E-state index is 0.00861. The Hall–Kier alpha value is -1.81. The van der Waals surface area contributed by atoms with Crippen molar-refractivity contribution in [3.05, 3.63) is 35.1 Å². The molecular formula is C17H18O4. The summed E-state index contributed by atoms with van der Waals surface area (Å²) in [6.45, 7) is 1.94. The molecule has 1 aromatic rings. The van der Waals surface area contributed by atoms with E-state index in [1.165, 1.54) is 0 Å². The SMILES string of the molecule is COc1ccc(C2=C(O)[C@H]3[C@@H](C2=O)[C@@H]2CC[C@H]3O2)c(C)c1. The number of ketones is 1. The van der Waals surface area contributed by atoms with Gasteiger partial charge in [-0.25, -0.2) is 0 Å². The molecule has 4 nitrogen and oxygen atoms in total. The summed E-state index contributed by atoms with van der Waals surface area (Å²) in [4.78, 5) is 12.8. The van der Waals surface area contributed by atoms with E-state index in [4.69, 9.17) is 9.47 Å². The summed E-state index contributed by atoms with van der Waals surface area (Å²) >= 11 is 0. The molecule has 2 bridgehead atoms. The first kappa shape index (κ1) is 12.9. The number of rotatable bonds is 2. The second-order valence-electron chi connectivity index (χ2n) is 6.15. The largest absolute Gasteiger partial charge is 0.511 e. The Morgan fingerprint density at radius 1 is 1.24 bits per heavy atom. The van der Waals surface area contributed by atoms with Crippen LogP contribution in [0.2, 0.25) is 0 Å². The van der Waals surface area contributed by atoms with Gasteiger partial charge in [-0.1, -0.05) is 6.07 Å². The number of fused-ring (bicyclic) bond motifs is 5. The lowest BCUT2D eigenvalue weighted by molar-refractivity contribution is -0.118. The van der Waals surface area contributed by atoms with Crippen LogP contribution in [-0.2, 0) is 9.53 Å². The maximum atomic E-state index is 12.8. The summed E-state index contributed by atoms with van der Waals surface area (Å²) in [6.07, 6.45) is 1.88. The lowest BCUT2D eigenvalue weighted by atomic mass is 9.80. The molecule has 1 aromatic carbocycles. The van der Waals surface area contributed by atoms with E-state index in [1.54, 1.807) is 7.11 Å². The van der Waals surface area contributed by atoms with Gasteiger partial charge in [0.1, 0.15) is 11.5 Å². The van der Waals surface area contributed by atoms with Crippen molar-refractivity contribution < 1.29 is 19.4 Å².